The third kappa shape index (κ3) is 11.0. The summed E-state index contributed by atoms with van der Waals surface area (Å²) in [6, 6.07) is 13.5. The maximum absolute atomic E-state index is 14.1. The second-order valence-corrected chi connectivity index (χ2v) is 13.3. The quantitative estimate of drug-likeness (QED) is 0.305. The van der Waals surface area contributed by atoms with Crippen molar-refractivity contribution in [2.45, 2.75) is 70.7 Å². The molecule has 5 amide bonds. The molecule has 1 saturated heterocycles. The number of hydrogen-bond donors (Lipinski definition) is 4. The van der Waals surface area contributed by atoms with Gasteiger partial charge in [0.1, 0.15) is 24.4 Å². The summed E-state index contributed by atoms with van der Waals surface area (Å²) in [6.07, 6.45) is 0.615. The Hall–Kier alpha value is -4.49. The number of nitrogens with zero attached hydrogens (tertiary/aromatic N) is 2. The third-order valence-electron chi connectivity index (χ3n) is 8.57. The van der Waals surface area contributed by atoms with Gasteiger partial charge in [-0.2, -0.15) is 0 Å². The second-order valence-electron chi connectivity index (χ2n) is 13.3. The molecule has 2 aromatic rings. The Labute approximate surface area is 287 Å². The molecular formula is C36H49N5O8. The van der Waals surface area contributed by atoms with Gasteiger partial charge in [-0.15, -0.1) is 0 Å². The van der Waals surface area contributed by atoms with E-state index in [9.17, 15) is 29.1 Å². The van der Waals surface area contributed by atoms with Crippen LogP contribution in [0, 0.1) is 5.92 Å². The monoisotopic (exact) mass is 679 g/mol. The lowest BCUT2D eigenvalue weighted by molar-refractivity contribution is -0.141. The van der Waals surface area contributed by atoms with Crippen LogP contribution in [-0.2, 0) is 35.1 Å². The second kappa shape index (κ2) is 17.8. The van der Waals surface area contributed by atoms with Crippen LogP contribution in [0.3, 0.4) is 0 Å². The van der Waals surface area contributed by atoms with Crippen LogP contribution >= 0.6 is 0 Å². The lowest BCUT2D eigenvalue weighted by atomic mass is 9.93. The first kappa shape index (κ1) is 37.3. The predicted molar refractivity (Wildman–Crippen MR) is 181 cm³/mol. The van der Waals surface area contributed by atoms with Crippen LogP contribution in [0.5, 0.6) is 5.75 Å². The van der Waals surface area contributed by atoms with Crippen molar-refractivity contribution in [1.82, 2.24) is 25.8 Å². The van der Waals surface area contributed by atoms with Gasteiger partial charge in [0.05, 0.1) is 25.3 Å². The first-order chi connectivity index (χ1) is 23.4. The molecule has 0 spiro atoms. The summed E-state index contributed by atoms with van der Waals surface area (Å²) < 4.78 is 11.3. The van der Waals surface area contributed by atoms with Crippen molar-refractivity contribution in [3.8, 4) is 5.75 Å². The van der Waals surface area contributed by atoms with Crippen LogP contribution in [0.15, 0.2) is 54.6 Å². The van der Waals surface area contributed by atoms with Gasteiger partial charge in [0, 0.05) is 32.0 Å². The van der Waals surface area contributed by atoms with E-state index < -0.39 is 55.0 Å². The number of aliphatic hydroxyl groups excluding tert-OH is 1. The molecule has 13 nitrogen and oxygen atoms in total. The number of ether oxygens (including phenoxy) is 2. The predicted octanol–water partition coefficient (Wildman–Crippen LogP) is 0.994. The number of carbonyl (C=O) groups is 5. The SMILES string of the molecule is CC(C)CCN1CC(=O)N[C@@H](Cc2ccccc2)C(=O)N[C@@H]2CN(C(=O)COC(C)C)C[C@H]2c2cccc(c2)OCC(=O)N[C@@H](CO)C1=O. The van der Waals surface area contributed by atoms with E-state index in [2.05, 4.69) is 16.0 Å². The number of rotatable bonds is 9. The zero-order chi connectivity index (χ0) is 35.5. The van der Waals surface area contributed by atoms with Crippen LogP contribution in [0.4, 0.5) is 0 Å². The molecule has 49 heavy (non-hydrogen) atoms. The molecule has 4 atom stereocenters. The molecule has 1 fully saturated rings. The maximum atomic E-state index is 14.1. The van der Waals surface area contributed by atoms with Crippen molar-refractivity contribution < 1.29 is 38.6 Å². The van der Waals surface area contributed by atoms with E-state index in [1.165, 1.54) is 4.90 Å². The molecular weight excluding hydrogens is 630 g/mol. The van der Waals surface area contributed by atoms with E-state index in [1.807, 2.05) is 64.1 Å². The van der Waals surface area contributed by atoms with Gasteiger partial charge in [-0.3, -0.25) is 24.0 Å². The summed E-state index contributed by atoms with van der Waals surface area (Å²) in [7, 11) is 0. The Morgan fingerprint density at radius 1 is 0.939 bits per heavy atom. The maximum Gasteiger partial charge on any atom is 0.258 e. The van der Waals surface area contributed by atoms with Crippen LogP contribution in [-0.4, -0.2) is 115 Å². The highest BCUT2D eigenvalue weighted by Crippen LogP contribution is 2.30. The highest BCUT2D eigenvalue weighted by atomic mass is 16.5. The van der Waals surface area contributed by atoms with Crippen LogP contribution in [0.25, 0.3) is 0 Å². The third-order valence-corrected chi connectivity index (χ3v) is 8.57. The van der Waals surface area contributed by atoms with Gasteiger partial charge in [0.25, 0.3) is 5.91 Å². The van der Waals surface area contributed by atoms with Crippen LogP contribution in [0.2, 0.25) is 0 Å². The minimum absolute atomic E-state index is 0.100. The molecule has 2 aliphatic heterocycles. The molecule has 2 heterocycles. The van der Waals surface area contributed by atoms with Crippen molar-refractivity contribution >= 4 is 29.5 Å². The molecule has 2 aliphatic rings. The van der Waals surface area contributed by atoms with Gasteiger partial charge in [0.15, 0.2) is 6.61 Å². The van der Waals surface area contributed by atoms with Crippen molar-refractivity contribution in [1.29, 1.82) is 0 Å². The lowest BCUT2D eigenvalue weighted by Gasteiger charge is -2.29. The Morgan fingerprint density at radius 3 is 2.37 bits per heavy atom. The number of benzene rings is 2. The highest BCUT2D eigenvalue weighted by molar-refractivity contribution is 5.93. The standard InChI is InChI=1S/C36H49N5O8/c1-23(2)13-14-40-19-32(43)37-29(15-25-9-6-5-7-10-25)35(46)39-30-18-41(34(45)22-48-24(3)4)17-28(30)26-11-8-12-27(16-26)49-21-33(44)38-31(20-42)36(40)47/h5-12,16,23-24,28-31,42H,13-15,17-22H2,1-4H3,(H,37,43)(H,38,44)(H,39,46)/t28-,29-,30+,31-/m0/s1. The molecule has 4 rings (SSSR count). The largest absolute Gasteiger partial charge is 0.484 e. The van der Waals surface area contributed by atoms with E-state index in [4.69, 9.17) is 9.47 Å². The van der Waals surface area contributed by atoms with Crippen LogP contribution < -0.4 is 20.7 Å². The summed E-state index contributed by atoms with van der Waals surface area (Å²) in [5, 5.41) is 18.5. The zero-order valence-corrected chi connectivity index (χ0v) is 28.7. The fraction of sp³-hybridized carbons (Fsp3) is 0.528. The molecule has 0 aliphatic carbocycles. The normalized spacial score (nSPS) is 22.5. The summed E-state index contributed by atoms with van der Waals surface area (Å²) in [4.78, 5) is 70.2. The van der Waals surface area contributed by atoms with Crippen molar-refractivity contribution in [3.05, 3.63) is 65.7 Å². The minimum Gasteiger partial charge on any atom is -0.484 e. The number of hydrogen-bond acceptors (Lipinski definition) is 8. The first-order valence-electron chi connectivity index (χ1n) is 16.9. The summed E-state index contributed by atoms with van der Waals surface area (Å²) in [5.41, 5.74) is 1.59. The number of carbonyl (C=O) groups excluding carboxylic acids is 5. The van der Waals surface area contributed by atoms with Gasteiger partial charge >= 0.3 is 0 Å². The van der Waals surface area contributed by atoms with Crippen LogP contribution in [0.1, 0.15) is 51.2 Å². The summed E-state index contributed by atoms with van der Waals surface area (Å²) in [5.74, 6) is -2.22. The van der Waals surface area contributed by atoms with E-state index in [-0.39, 0.29) is 56.5 Å². The topological polar surface area (TPSA) is 167 Å². The lowest BCUT2D eigenvalue weighted by Crippen LogP contribution is -2.56. The average Bonchev–Trinajstić information content (AvgIpc) is 3.50. The smallest absolute Gasteiger partial charge is 0.258 e. The molecule has 0 saturated carbocycles. The number of amides is 5. The minimum atomic E-state index is -1.30. The number of aliphatic hydroxyl groups is 1. The first-order valence-corrected chi connectivity index (χ1v) is 16.9. The molecule has 266 valence electrons. The Kier molecular flexibility index (Phi) is 13.5. The molecule has 0 unspecified atom stereocenters. The number of likely N-dealkylation sites (tertiary alicyclic amines) is 1. The molecule has 2 bridgehead atoms. The fourth-order valence-electron chi connectivity index (χ4n) is 5.88. The zero-order valence-electron chi connectivity index (χ0n) is 28.7. The van der Waals surface area contributed by atoms with Gasteiger partial charge in [-0.1, -0.05) is 56.3 Å². The highest BCUT2D eigenvalue weighted by Gasteiger charge is 2.39. The Morgan fingerprint density at radius 2 is 1.67 bits per heavy atom. The number of fused-ring (bicyclic) bond motifs is 4. The molecule has 0 radical (unpaired) electrons. The van der Waals surface area contributed by atoms with Crippen molar-refractivity contribution in [3.63, 3.8) is 0 Å². The molecule has 13 heteroatoms. The van der Waals surface area contributed by atoms with E-state index >= 15 is 0 Å². The van der Waals surface area contributed by atoms with Gasteiger partial charge in [-0.05, 0) is 49.4 Å². The molecule has 0 aromatic heterocycles. The van der Waals surface area contributed by atoms with Crippen molar-refractivity contribution in [2.75, 3.05) is 46.0 Å². The molecule has 2 aromatic carbocycles. The average molecular weight is 680 g/mol. The van der Waals surface area contributed by atoms with E-state index in [1.54, 1.807) is 23.1 Å². The van der Waals surface area contributed by atoms with Crippen molar-refractivity contribution in [2.24, 2.45) is 5.92 Å². The van der Waals surface area contributed by atoms with E-state index in [0.29, 0.717) is 18.7 Å². The van der Waals surface area contributed by atoms with Gasteiger partial charge < -0.3 is 40.3 Å². The molecule has 4 N–H and O–H groups in total. The Balaban J connectivity index is 1.69. The fourth-order valence-corrected chi connectivity index (χ4v) is 5.88. The number of nitrogens with one attached hydrogen (secondary N) is 3. The van der Waals surface area contributed by atoms with Gasteiger partial charge in [-0.25, -0.2) is 0 Å². The summed E-state index contributed by atoms with van der Waals surface area (Å²) in [6.45, 7) is 6.77. The summed E-state index contributed by atoms with van der Waals surface area (Å²) >= 11 is 0. The van der Waals surface area contributed by atoms with Gasteiger partial charge in [0.2, 0.25) is 23.6 Å². The van der Waals surface area contributed by atoms with E-state index in [0.717, 1.165) is 11.1 Å². The Bertz CT molecular complexity index is 1450.